The minimum atomic E-state index is 0.502. The number of guanidine groups is 1. The first-order valence-corrected chi connectivity index (χ1v) is 7.82. The van der Waals surface area contributed by atoms with E-state index in [1.807, 2.05) is 25.1 Å². The molecule has 0 fully saturated rings. The number of hydrogen-bond acceptors (Lipinski definition) is 2. The van der Waals surface area contributed by atoms with Gasteiger partial charge in [0.2, 0.25) is 0 Å². The molecule has 4 nitrogen and oxygen atoms in total. The van der Waals surface area contributed by atoms with Crippen LogP contribution in [0.5, 0.6) is 0 Å². The van der Waals surface area contributed by atoms with Crippen molar-refractivity contribution in [3.8, 4) is 0 Å². The summed E-state index contributed by atoms with van der Waals surface area (Å²) in [7, 11) is 4.05. The van der Waals surface area contributed by atoms with E-state index in [0.717, 1.165) is 25.6 Å². The van der Waals surface area contributed by atoms with Crippen molar-refractivity contribution in [2.24, 2.45) is 4.99 Å². The highest BCUT2D eigenvalue weighted by molar-refractivity contribution is 5.79. The van der Waals surface area contributed by atoms with Crippen molar-refractivity contribution in [2.75, 3.05) is 33.7 Å². The largest absolute Gasteiger partial charge is 0.355 e. The Labute approximate surface area is 129 Å². The minimum Gasteiger partial charge on any atom is -0.355 e. The Morgan fingerprint density at radius 1 is 1.14 bits per heavy atom. The van der Waals surface area contributed by atoms with Crippen LogP contribution in [-0.2, 0) is 6.54 Å². The topological polar surface area (TPSA) is 30.9 Å². The average Bonchev–Trinajstić information content (AvgIpc) is 2.49. The fourth-order valence-corrected chi connectivity index (χ4v) is 2.32. The molecule has 0 radical (unpaired) electrons. The molecule has 1 aromatic rings. The van der Waals surface area contributed by atoms with E-state index in [4.69, 9.17) is 0 Å². The summed E-state index contributed by atoms with van der Waals surface area (Å²) in [6.45, 7) is 10.4. The molecule has 0 heterocycles. The van der Waals surface area contributed by atoms with Crippen molar-refractivity contribution < 1.29 is 0 Å². The summed E-state index contributed by atoms with van der Waals surface area (Å²) in [5.41, 5.74) is 1.23. The molecule has 0 aromatic heterocycles. The maximum atomic E-state index is 4.69. The van der Waals surface area contributed by atoms with Crippen LogP contribution in [0.1, 0.15) is 26.3 Å². The van der Waals surface area contributed by atoms with Gasteiger partial charge < -0.3 is 10.2 Å². The Morgan fingerprint density at radius 3 is 2.29 bits per heavy atom. The normalized spacial score (nSPS) is 13.3. The fourth-order valence-electron chi connectivity index (χ4n) is 2.32. The molecule has 1 unspecified atom stereocenters. The van der Waals surface area contributed by atoms with Gasteiger partial charge >= 0.3 is 0 Å². The summed E-state index contributed by atoms with van der Waals surface area (Å²) in [5.74, 6) is 0.942. The number of benzene rings is 1. The summed E-state index contributed by atoms with van der Waals surface area (Å²) >= 11 is 0. The molecule has 21 heavy (non-hydrogen) atoms. The Hall–Kier alpha value is -1.55. The lowest BCUT2D eigenvalue weighted by Gasteiger charge is -2.28. The predicted octanol–water partition coefficient (Wildman–Crippen LogP) is 2.42. The Morgan fingerprint density at radius 2 is 1.76 bits per heavy atom. The van der Waals surface area contributed by atoms with Gasteiger partial charge in [0.25, 0.3) is 0 Å². The van der Waals surface area contributed by atoms with E-state index >= 15 is 0 Å². The van der Waals surface area contributed by atoms with Gasteiger partial charge in [-0.1, -0.05) is 44.2 Å². The molecular weight excluding hydrogens is 260 g/mol. The molecule has 0 saturated heterocycles. The van der Waals surface area contributed by atoms with Crippen LogP contribution in [0, 0.1) is 0 Å². The summed E-state index contributed by atoms with van der Waals surface area (Å²) in [4.78, 5) is 9.17. The third-order valence-corrected chi connectivity index (χ3v) is 3.67. The van der Waals surface area contributed by atoms with Crippen molar-refractivity contribution in [1.29, 1.82) is 0 Å². The Kier molecular flexibility index (Phi) is 7.83. The first-order valence-electron chi connectivity index (χ1n) is 7.82. The average molecular weight is 290 g/mol. The van der Waals surface area contributed by atoms with E-state index in [-0.39, 0.29) is 0 Å². The molecule has 0 saturated carbocycles. The third kappa shape index (κ3) is 6.17. The van der Waals surface area contributed by atoms with Gasteiger partial charge in [0.15, 0.2) is 5.96 Å². The quantitative estimate of drug-likeness (QED) is 0.618. The third-order valence-electron chi connectivity index (χ3n) is 3.67. The van der Waals surface area contributed by atoms with Gasteiger partial charge in [-0.05, 0) is 25.6 Å². The highest BCUT2D eigenvalue weighted by Gasteiger charge is 2.11. The van der Waals surface area contributed by atoms with Crippen LogP contribution in [0.4, 0.5) is 0 Å². The number of rotatable bonds is 7. The van der Waals surface area contributed by atoms with E-state index in [1.54, 1.807) is 0 Å². The van der Waals surface area contributed by atoms with Gasteiger partial charge in [-0.2, -0.15) is 0 Å². The lowest BCUT2D eigenvalue weighted by Crippen LogP contribution is -2.45. The Balaban J connectivity index is 2.57. The molecule has 118 valence electrons. The van der Waals surface area contributed by atoms with E-state index in [9.17, 15) is 0 Å². The maximum Gasteiger partial charge on any atom is 0.193 e. The van der Waals surface area contributed by atoms with Gasteiger partial charge in [-0.3, -0.25) is 4.90 Å². The van der Waals surface area contributed by atoms with E-state index in [2.05, 4.69) is 60.2 Å². The van der Waals surface area contributed by atoms with Crippen LogP contribution >= 0.6 is 0 Å². The van der Waals surface area contributed by atoms with Crippen LogP contribution in [0.3, 0.4) is 0 Å². The van der Waals surface area contributed by atoms with E-state index < -0.39 is 0 Å². The molecule has 0 amide bonds. The van der Waals surface area contributed by atoms with Crippen molar-refractivity contribution in [3.05, 3.63) is 35.9 Å². The van der Waals surface area contributed by atoms with Gasteiger partial charge in [-0.15, -0.1) is 0 Å². The number of aliphatic imine (C=N–C) groups is 1. The summed E-state index contributed by atoms with van der Waals surface area (Å²) in [6, 6.07) is 10.8. The van der Waals surface area contributed by atoms with Gasteiger partial charge in [0, 0.05) is 26.7 Å². The second-order valence-electron chi connectivity index (χ2n) is 5.47. The fraction of sp³-hybridized carbons (Fsp3) is 0.588. The van der Waals surface area contributed by atoms with E-state index in [0.29, 0.717) is 12.6 Å². The highest BCUT2D eigenvalue weighted by atomic mass is 15.3. The van der Waals surface area contributed by atoms with Crippen molar-refractivity contribution in [3.63, 3.8) is 0 Å². The van der Waals surface area contributed by atoms with Gasteiger partial charge in [0.1, 0.15) is 0 Å². The molecule has 0 aliphatic rings. The maximum absolute atomic E-state index is 4.69. The highest BCUT2D eigenvalue weighted by Crippen LogP contribution is 2.01. The van der Waals surface area contributed by atoms with Crippen LogP contribution < -0.4 is 5.32 Å². The van der Waals surface area contributed by atoms with Crippen LogP contribution in [0.25, 0.3) is 0 Å². The molecule has 1 aromatic carbocycles. The summed E-state index contributed by atoms with van der Waals surface area (Å²) in [5, 5.41) is 3.47. The molecule has 1 rings (SSSR count). The molecule has 0 spiro atoms. The minimum absolute atomic E-state index is 0.502. The zero-order valence-electron chi connectivity index (χ0n) is 14.1. The Bertz CT molecular complexity index is 410. The van der Waals surface area contributed by atoms with Crippen LogP contribution in [-0.4, -0.2) is 55.5 Å². The van der Waals surface area contributed by atoms with Gasteiger partial charge in [-0.25, -0.2) is 4.99 Å². The molecule has 0 bridgehead atoms. The van der Waals surface area contributed by atoms with Gasteiger partial charge in [0.05, 0.1) is 6.54 Å². The van der Waals surface area contributed by atoms with E-state index in [1.165, 1.54) is 5.56 Å². The number of hydrogen-bond donors (Lipinski definition) is 1. The van der Waals surface area contributed by atoms with Crippen LogP contribution in [0.15, 0.2) is 35.3 Å². The number of likely N-dealkylation sites (N-methyl/N-ethyl adjacent to an activating group) is 1. The lowest BCUT2D eigenvalue weighted by atomic mass is 10.2. The van der Waals surface area contributed by atoms with Crippen molar-refractivity contribution in [2.45, 2.75) is 33.4 Å². The molecule has 0 aliphatic carbocycles. The van der Waals surface area contributed by atoms with Crippen molar-refractivity contribution in [1.82, 2.24) is 15.1 Å². The summed E-state index contributed by atoms with van der Waals surface area (Å²) < 4.78 is 0. The zero-order valence-corrected chi connectivity index (χ0v) is 14.1. The van der Waals surface area contributed by atoms with Crippen molar-refractivity contribution >= 4 is 5.96 Å². The molecule has 1 N–H and O–H groups in total. The van der Waals surface area contributed by atoms with Crippen LogP contribution in [0.2, 0.25) is 0 Å². The zero-order chi connectivity index (χ0) is 15.7. The molecule has 0 aliphatic heterocycles. The smallest absolute Gasteiger partial charge is 0.193 e. The molecule has 4 heteroatoms. The molecule has 1 atom stereocenters. The first kappa shape index (κ1) is 17.5. The summed E-state index contributed by atoms with van der Waals surface area (Å²) in [6.07, 6.45) is 0. The standard InChI is InChI=1S/C17H30N4/c1-6-21(7-2)15(3)13-18-17(20(4)5)19-14-16-11-9-8-10-12-16/h8-12,15H,6-7,13-14H2,1-5H3,(H,18,19). The number of nitrogens with zero attached hydrogens (tertiary/aromatic N) is 3. The SMILES string of the molecule is CCN(CC)C(C)CNC(=NCc1ccccc1)N(C)C. The predicted molar refractivity (Wildman–Crippen MR) is 91.7 cm³/mol. The second-order valence-corrected chi connectivity index (χ2v) is 5.47. The first-order chi connectivity index (χ1) is 10.1. The lowest BCUT2D eigenvalue weighted by molar-refractivity contribution is 0.231. The second kappa shape index (κ2) is 9.40. The number of nitrogens with one attached hydrogen (secondary N) is 1. The monoisotopic (exact) mass is 290 g/mol. The molecular formula is C17H30N4.